The smallest absolute Gasteiger partial charge is 0.0708 e. The summed E-state index contributed by atoms with van der Waals surface area (Å²) in [5.74, 6) is 2.56. The summed E-state index contributed by atoms with van der Waals surface area (Å²) in [6, 6.07) is 7.79. The van der Waals surface area contributed by atoms with Crippen LogP contribution in [0.3, 0.4) is 0 Å². The van der Waals surface area contributed by atoms with E-state index in [4.69, 9.17) is 6.42 Å². The molecular weight excluding hydrogens is 194 g/mol. The van der Waals surface area contributed by atoms with Gasteiger partial charge < -0.3 is 0 Å². The van der Waals surface area contributed by atoms with Crippen molar-refractivity contribution in [3.8, 4) is 12.3 Å². The summed E-state index contributed by atoms with van der Waals surface area (Å²) in [5.41, 5.74) is 3.54. The molecule has 0 aliphatic rings. The fourth-order valence-electron chi connectivity index (χ4n) is 1.74. The fraction of sp³-hybridized carbons (Fsp3) is 0. The van der Waals surface area contributed by atoms with Crippen molar-refractivity contribution in [3.63, 3.8) is 0 Å². The lowest BCUT2D eigenvalue weighted by molar-refractivity contribution is 1.41. The van der Waals surface area contributed by atoms with E-state index >= 15 is 0 Å². The maximum atomic E-state index is 5.37. The Kier molecular flexibility index (Phi) is 2.57. The standard InChI is InChI=1S/C15H11N/c1-4-11(3)13-8-9-15-14(12(13)5-2)7-6-10-16-15/h1,5-10H,2-3H2. The number of hydrogen-bond acceptors (Lipinski definition) is 1. The van der Waals surface area contributed by atoms with E-state index in [1.807, 2.05) is 24.3 Å². The molecule has 0 radical (unpaired) electrons. The summed E-state index contributed by atoms with van der Waals surface area (Å²) in [4.78, 5) is 4.29. The second-order valence-corrected chi connectivity index (χ2v) is 3.42. The minimum absolute atomic E-state index is 0.667. The van der Waals surface area contributed by atoms with E-state index < -0.39 is 0 Å². The number of terminal acetylenes is 1. The van der Waals surface area contributed by atoms with Crippen molar-refractivity contribution in [2.45, 2.75) is 0 Å². The zero-order chi connectivity index (χ0) is 11.5. The van der Waals surface area contributed by atoms with E-state index in [0.717, 1.165) is 22.0 Å². The predicted molar refractivity (Wildman–Crippen MR) is 69.7 cm³/mol. The maximum Gasteiger partial charge on any atom is 0.0708 e. The van der Waals surface area contributed by atoms with Crippen molar-refractivity contribution >= 4 is 22.6 Å². The average molecular weight is 205 g/mol. The van der Waals surface area contributed by atoms with Gasteiger partial charge in [-0.3, -0.25) is 4.98 Å². The fourth-order valence-corrected chi connectivity index (χ4v) is 1.74. The molecule has 2 aromatic rings. The van der Waals surface area contributed by atoms with E-state index in [1.165, 1.54) is 0 Å². The molecule has 0 spiro atoms. The van der Waals surface area contributed by atoms with Gasteiger partial charge in [0.2, 0.25) is 0 Å². The summed E-state index contributed by atoms with van der Waals surface area (Å²) in [6.07, 6.45) is 8.93. The minimum Gasteiger partial charge on any atom is -0.256 e. The van der Waals surface area contributed by atoms with E-state index in [-0.39, 0.29) is 0 Å². The molecule has 1 nitrogen and oxygen atoms in total. The van der Waals surface area contributed by atoms with Gasteiger partial charge in [0.15, 0.2) is 0 Å². The van der Waals surface area contributed by atoms with Crippen molar-refractivity contribution in [2.24, 2.45) is 0 Å². The predicted octanol–water partition coefficient (Wildman–Crippen LogP) is 3.52. The number of rotatable bonds is 2. The third-order valence-electron chi connectivity index (χ3n) is 2.53. The average Bonchev–Trinajstić information content (AvgIpc) is 2.36. The van der Waals surface area contributed by atoms with Gasteiger partial charge in [0.25, 0.3) is 0 Å². The molecular formula is C15H11N. The second kappa shape index (κ2) is 4.04. The first-order chi connectivity index (χ1) is 7.77. The molecule has 0 fully saturated rings. The van der Waals surface area contributed by atoms with E-state index in [2.05, 4.69) is 24.1 Å². The van der Waals surface area contributed by atoms with E-state index in [0.29, 0.717) is 5.57 Å². The first-order valence-electron chi connectivity index (χ1n) is 4.94. The third-order valence-corrected chi connectivity index (χ3v) is 2.53. The quantitative estimate of drug-likeness (QED) is 0.683. The number of fused-ring (bicyclic) bond motifs is 1. The molecule has 0 aliphatic heterocycles. The highest BCUT2D eigenvalue weighted by Gasteiger charge is 2.06. The van der Waals surface area contributed by atoms with Gasteiger partial charge in [-0.25, -0.2) is 0 Å². The monoisotopic (exact) mass is 205 g/mol. The minimum atomic E-state index is 0.667. The molecule has 0 saturated heterocycles. The van der Waals surface area contributed by atoms with Gasteiger partial charge in [-0.2, -0.15) is 0 Å². The molecule has 1 heterocycles. The van der Waals surface area contributed by atoms with Crippen LogP contribution in [0.5, 0.6) is 0 Å². The topological polar surface area (TPSA) is 12.9 Å². The molecule has 0 amide bonds. The molecule has 0 bridgehead atoms. The Morgan fingerprint density at radius 1 is 1.38 bits per heavy atom. The zero-order valence-corrected chi connectivity index (χ0v) is 8.90. The zero-order valence-electron chi connectivity index (χ0n) is 8.90. The van der Waals surface area contributed by atoms with Gasteiger partial charge in [0.05, 0.1) is 5.52 Å². The summed E-state index contributed by atoms with van der Waals surface area (Å²) in [6.45, 7) is 7.68. The van der Waals surface area contributed by atoms with Gasteiger partial charge in [0.1, 0.15) is 0 Å². The number of aromatic nitrogens is 1. The van der Waals surface area contributed by atoms with E-state index in [1.54, 1.807) is 12.3 Å². The summed E-state index contributed by atoms with van der Waals surface area (Å²) < 4.78 is 0. The first kappa shape index (κ1) is 10.2. The summed E-state index contributed by atoms with van der Waals surface area (Å²) >= 11 is 0. The molecule has 76 valence electrons. The molecule has 2 rings (SSSR count). The van der Waals surface area contributed by atoms with Crippen LogP contribution in [0, 0.1) is 12.3 Å². The Bertz CT molecular complexity index is 615. The Labute approximate surface area is 95.1 Å². The van der Waals surface area contributed by atoms with Crippen LogP contribution in [-0.2, 0) is 0 Å². The number of hydrogen-bond donors (Lipinski definition) is 0. The number of allylic oxidation sites excluding steroid dienone is 1. The van der Waals surface area contributed by atoms with Crippen LogP contribution < -0.4 is 0 Å². The molecule has 0 unspecified atom stereocenters. The Morgan fingerprint density at radius 3 is 2.88 bits per heavy atom. The van der Waals surface area contributed by atoms with Crippen LogP contribution >= 0.6 is 0 Å². The largest absolute Gasteiger partial charge is 0.256 e. The Hall–Kier alpha value is -2.33. The van der Waals surface area contributed by atoms with Crippen LogP contribution in [0.15, 0.2) is 43.6 Å². The van der Waals surface area contributed by atoms with Crippen molar-refractivity contribution in [2.75, 3.05) is 0 Å². The van der Waals surface area contributed by atoms with E-state index in [9.17, 15) is 0 Å². The van der Waals surface area contributed by atoms with Crippen molar-refractivity contribution in [3.05, 3.63) is 54.7 Å². The van der Waals surface area contributed by atoms with Crippen LogP contribution in [0.2, 0.25) is 0 Å². The summed E-state index contributed by atoms with van der Waals surface area (Å²) in [7, 11) is 0. The molecule has 0 atom stereocenters. The lowest BCUT2D eigenvalue weighted by atomic mass is 9.97. The molecule has 0 aliphatic carbocycles. The second-order valence-electron chi connectivity index (χ2n) is 3.42. The number of benzene rings is 1. The lowest BCUT2D eigenvalue weighted by Gasteiger charge is -2.08. The number of nitrogens with zero attached hydrogens (tertiary/aromatic N) is 1. The SMILES string of the molecule is C#CC(=C)c1ccc2ncccc2c1C=C. The van der Waals surface area contributed by atoms with Crippen molar-refractivity contribution in [1.82, 2.24) is 4.98 Å². The molecule has 0 N–H and O–H groups in total. The molecule has 1 aromatic heterocycles. The van der Waals surface area contributed by atoms with Gasteiger partial charge in [-0.1, -0.05) is 37.3 Å². The van der Waals surface area contributed by atoms with Crippen LogP contribution in [0.1, 0.15) is 11.1 Å². The highest BCUT2D eigenvalue weighted by Crippen LogP contribution is 2.26. The Balaban J connectivity index is 2.84. The highest BCUT2D eigenvalue weighted by molar-refractivity contribution is 5.95. The van der Waals surface area contributed by atoms with Crippen LogP contribution in [0.25, 0.3) is 22.6 Å². The number of pyridine rings is 1. The lowest BCUT2D eigenvalue weighted by Crippen LogP contribution is -1.89. The first-order valence-corrected chi connectivity index (χ1v) is 4.94. The van der Waals surface area contributed by atoms with Gasteiger partial charge in [-0.05, 0) is 23.3 Å². The van der Waals surface area contributed by atoms with Crippen molar-refractivity contribution < 1.29 is 0 Å². The van der Waals surface area contributed by atoms with Crippen LogP contribution in [-0.4, -0.2) is 4.98 Å². The highest BCUT2D eigenvalue weighted by atomic mass is 14.6. The summed E-state index contributed by atoms with van der Waals surface area (Å²) in [5, 5.41) is 1.05. The van der Waals surface area contributed by atoms with Gasteiger partial charge in [0, 0.05) is 17.2 Å². The van der Waals surface area contributed by atoms with Gasteiger partial charge >= 0.3 is 0 Å². The van der Waals surface area contributed by atoms with Gasteiger partial charge in [-0.15, -0.1) is 6.42 Å². The molecule has 1 heteroatoms. The van der Waals surface area contributed by atoms with Crippen LogP contribution in [0.4, 0.5) is 0 Å². The third kappa shape index (κ3) is 1.51. The molecule has 1 aromatic carbocycles. The normalized spacial score (nSPS) is 9.69. The van der Waals surface area contributed by atoms with Crippen molar-refractivity contribution in [1.29, 1.82) is 0 Å². The Morgan fingerprint density at radius 2 is 2.19 bits per heavy atom. The molecule has 0 saturated carbocycles. The maximum absolute atomic E-state index is 5.37. The molecule has 16 heavy (non-hydrogen) atoms.